The smallest absolute Gasteiger partial charge is 0.130 e. The molecule has 0 aliphatic rings. The molecule has 0 unspecified atom stereocenters. The van der Waals surface area contributed by atoms with Crippen LogP contribution in [0.2, 0.25) is 0 Å². The van der Waals surface area contributed by atoms with Gasteiger partial charge in [-0.05, 0) is 36.4 Å². The molecule has 1 aromatic carbocycles. The third-order valence-electron chi connectivity index (χ3n) is 2.21. The molecule has 2 rings (SSSR count). The van der Waals surface area contributed by atoms with Gasteiger partial charge in [0, 0.05) is 11.9 Å². The minimum absolute atomic E-state index is 0.358. The molecule has 4 nitrogen and oxygen atoms in total. The number of nitrogens with zero attached hydrogens (tertiary/aromatic N) is 2. The van der Waals surface area contributed by atoms with Gasteiger partial charge in [0.1, 0.15) is 12.4 Å². The molecule has 0 fully saturated rings. The van der Waals surface area contributed by atoms with Crippen LogP contribution in [-0.2, 0) is 6.61 Å². The maximum atomic E-state index is 8.65. The van der Waals surface area contributed by atoms with Gasteiger partial charge >= 0.3 is 0 Å². The third kappa shape index (κ3) is 2.95. The molecule has 2 aromatic rings. The lowest BCUT2D eigenvalue weighted by Gasteiger charge is -2.05. The quantitative estimate of drug-likeness (QED) is 0.868. The van der Waals surface area contributed by atoms with Gasteiger partial charge in [0.15, 0.2) is 0 Å². The summed E-state index contributed by atoms with van der Waals surface area (Å²) < 4.78 is 5.52. The second kappa shape index (κ2) is 4.99. The molecule has 1 heterocycles. The summed E-state index contributed by atoms with van der Waals surface area (Å²) >= 11 is 0. The van der Waals surface area contributed by atoms with Gasteiger partial charge in [-0.25, -0.2) is 0 Å². The average molecular weight is 225 g/mol. The maximum Gasteiger partial charge on any atom is 0.130 e. The molecule has 0 amide bonds. The number of hydrogen-bond acceptors (Lipinski definition) is 4. The minimum atomic E-state index is 0.358. The van der Waals surface area contributed by atoms with Crippen LogP contribution in [0.5, 0.6) is 5.75 Å². The first kappa shape index (κ1) is 11.0. The molecule has 0 saturated heterocycles. The highest BCUT2D eigenvalue weighted by Gasteiger charge is 1.98. The molecule has 0 saturated carbocycles. The summed E-state index contributed by atoms with van der Waals surface area (Å²) in [5.41, 5.74) is 7.68. The first-order valence-electron chi connectivity index (χ1n) is 5.11. The highest BCUT2D eigenvalue weighted by Crippen LogP contribution is 2.13. The van der Waals surface area contributed by atoms with Gasteiger partial charge in [0.25, 0.3) is 0 Å². The zero-order chi connectivity index (χ0) is 12.1. The fraction of sp³-hybridized carbons (Fsp3) is 0.0769. The van der Waals surface area contributed by atoms with Crippen molar-refractivity contribution in [2.75, 3.05) is 5.73 Å². The van der Waals surface area contributed by atoms with E-state index in [1.165, 1.54) is 0 Å². The molecule has 84 valence electrons. The van der Waals surface area contributed by atoms with Crippen LogP contribution in [0.15, 0.2) is 42.6 Å². The van der Waals surface area contributed by atoms with Gasteiger partial charge in [0.2, 0.25) is 0 Å². The Morgan fingerprint density at radius 2 is 2.00 bits per heavy atom. The Morgan fingerprint density at radius 3 is 2.65 bits per heavy atom. The standard InChI is InChI=1S/C13H11N3O/c14-8-10-1-3-13(4-2-10)17-9-12-7-11(15)5-6-16-12/h1-7H,9H2,(H2,15,16). The molecule has 0 aliphatic carbocycles. The number of hydrogen-bond donors (Lipinski definition) is 1. The van der Waals surface area contributed by atoms with E-state index >= 15 is 0 Å². The fourth-order valence-electron chi connectivity index (χ4n) is 1.36. The van der Waals surface area contributed by atoms with E-state index in [0.717, 1.165) is 5.69 Å². The van der Waals surface area contributed by atoms with E-state index in [-0.39, 0.29) is 0 Å². The van der Waals surface area contributed by atoms with Crippen molar-refractivity contribution in [3.63, 3.8) is 0 Å². The van der Waals surface area contributed by atoms with Crippen molar-refractivity contribution in [1.29, 1.82) is 5.26 Å². The zero-order valence-corrected chi connectivity index (χ0v) is 9.13. The van der Waals surface area contributed by atoms with Gasteiger partial charge in [-0.2, -0.15) is 5.26 Å². The minimum Gasteiger partial charge on any atom is -0.487 e. The number of anilines is 1. The molecular weight excluding hydrogens is 214 g/mol. The van der Waals surface area contributed by atoms with Crippen molar-refractivity contribution in [3.05, 3.63) is 53.9 Å². The Hall–Kier alpha value is -2.54. The highest BCUT2D eigenvalue weighted by atomic mass is 16.5. The first-order chi connectivity index (χ1) is 8.28. The van der Waals surface area contributed by atoms with Gasteiger partial charge < -0.3 is 10.5 Å². The van der Waals surface area contributed by atoms with Crippen LogP contribution in [0.3, 0.4) is 0 Å². The summed E-state index contributed by atoms with van der Waals surface area (Å²) in [7, 11) is 0. The number of pyridine rings is 1. The zero-order valence-electron chi connectivity index (χ0n) is 9.13. The summed E-state index contributed by atoms with van der Waals surface area (Å²) in [6.07, 6.45) is 1.65. The van der Waals surface area contributed by atoms with Crippen molar-refractivity contribution in [3.8, 4) is 11.8 Å². The Kier molecular flexibility index (Phi) is 3.22. The summed E-state index contributed by atoms with van der Waals surface area (Å²) in [5.74, 6) is 0.702. The van der Waals surface area contributed by atoms with Crippen LogP contribution in [0.1, 0.15) is 11.3 Å². The van der Waals surface area contributed by atoms with Crippen LogP contribution < -0.4 is 10.5 Å². The van der Waals surface area contributed by atoms with Crippen LogP contribution in [0.25, 0.3) is 0 Å². The van der Waals surface area contributed by atoms with E-state index in [1.807, 2.05) is 0 Å². The van der Waals surface area contributed by atoms with Gasteiger partial charge in [-0.15, -0.1) is 0 Å². The van der Waals surface area contributed by atoms with Crippen LogP contribution in [0.4, 0.5) is 5.69 Å². The normalized spacial score (nSPS) is 9.59. The number of nitrogen functional groups attached to an aromatic ring is 1. The summed E-state index contributed by atoms with van der Waals surface area (Å²) in [6.45, 7) is 0.358. The Balaban J connectivity index is 2.00. The van der Waals surface area contributed by atoms with Crippen molar-refractivity contribution < 1.29 is 4.74 Å². The molecule has 0 spiro atoms. The summed E-state index contributed by atoms with van der Waals surface area (Å²) in [4.78, 5) is 4.13. The molecule has 0 aliphatic heterocycles. The second-order valence-electron chi connectivity index (χ2n) is 3.51. The fourth-order valence-corrected chi connectivity index (χ4v) is 1.36. The van der Waals surface area contributed by atoms with E-state index < -0.39 is 0 Å². The highest BCUT2D eigenvalue weighted by molar-refractivity contribution is 5.37. The molecule has 2 N–H and O–H groups in total. The van der Waals surface area contributed by atoms with Crippen LogP contribution in [0, 0.1) is 11.3 Å². The van der Waals surface area contributed by atoms with Gasteiger partial charge in [-0.1, -0.05) is 0 Å². The van der Waals surface area contributed by atoms with E-state index in [9.17, 15) is 0 Å². The number of nitriles is 1. The molecule has 0 atom stereocenters. The number of rotatable bonds is 3. The molecule has 0 bridgehead atoms. The molecular formula is C13H11N3O. The van der Waals surface area contributed by atoms with Gasteiger partial charge in [0.05, 0.1) is 17.3 Å². The lowest BCUT2D eigenvalue weighted by atomic mass is 10.2. The van der Waals surface area contributed by atoms with E-state index in [2.05, 4.69) is 11.1 Å². The monoisotopic (exact) mass is 225 g/mol. The molecule has 1 aromatic heterocycles. The van der Waals surface area contributed by atoms with Crippen LogP contribution >= 0.6 is 0 Å². The van der Waals surface area contributed by atoms with Crippen molar-refractivity contribution in [2.45, 2.75) is 6.61 Å². The first-order valence-corrected chi connectivity index (χ1v) is 5.11. The average Bonchev–Trinajstić information content (AvgIpc) is 2.37. The predicted molar refractivity (Wildman–Crippen MR) is 64.1 cm³/mol. The SMILES string of the molecule is N#Cc1ccc(OCc2cc(N)ccn2)cc1. The number of nitrogens with two attached hydrogens (primary N) is 1. The van der Waals surface area contributed by atoms with Crippen molar-refractivity contribution in [2.24, 2.45) is 0 Å². The lowest BCUT2D eigenvalue weighted by molar-refractivity contribution is 0.301. The third-order valence-corrected chi connectivity index (χ3v) is 2.21. The summed E-state index contributed by atoms with van der Waals surface area (Å²) in [6, 6.07) is 12.5. The topological polar surface area (TPSA) is 71.9 Å². The lowest BCUT2D eigenvalue weighted by Crippen LogP contribution is -1.99. The summed E-state index contributed by atoms with van der Waals surface area (Å²) in [5, 5.41) is 8.65. The number of ether oxygens (including phenoxy) is 1. The second-order valence-corrected chi connectivity index (χ2v) is 3.51. The van der Waals surface area contributed by atoms with Crippen molar-refractivity contribution in [1.82, 2.24) is 4.98 Å². The van der Waals surface area contributed by atoms with E-state index in [4.69, 9.17) is 15.7 Å². The van der Waals surface area contributed by atoms with E-state index in [0.29, 0.717) is 23.6 Å². The number of benzene rings is 1. The van der Waals surface area contributed by atoms with Crippen LogP contribution in [-0.4, -0.2) is 4.98 Å². The van der Waals surface area contributed by atoms with E-state index in [1.54, 1.807) is 42.6 Å². The van der Waals surface area contributed by atoms with Crippen molar-refractivity contribution >= 4 is 5.69 Å². The largest absolute Gasteiger partial charge is 0.487 e. The Bertz CT molecular complexity index is 543. The maximum absolute atomic E-state index is 8.65. The predicted octanol–water partition coefficient (Wildman–Crippen LogP) is 2.11. The molecule has 4 heteroatoms. The van der Waals surface area contributed by atoms with Gasteiger partial charge in [-0.3, -0.25) is 4.98 Å². The Morgan fingerprint density at radius 1 is 1.24 bits per heavy atom. The molecule has 17 heavy (non-hydrogen) atoms. The Labute approximate surface area is 99.3 Å². The molecule has 0 radical (unpaired) electrons. The number of aromatic nitrogens is 1.